The van der Waals surface area contributed by atoms with E-state index in [1.807, 2.05) is 18.5 Å². The lowest BCUT2D eigenvalue weighted by Crippen LogP contribution is -2.40. The Kier molecular flexibility index (Phi) is 6.19. The van der Waals surface area contributed by atoms with Crippen LogP contribution >= 0.6 is 11.3 Å². The largest absolute Gasteiger partial charge is 0.461 e. The Morgan fingerprint density at radius 2 is 2.23 bits per heavy atom. The van der Waals surface area contributed by atoms with Gasteiger partial charge in [-0.25, -0.2) is 4.79 Å². The van der Waals surface area contributed by atoms with Crippen LogP contribution in [0.2, 0.25) is 0 Å². The minimum Gasteiger partial charge on any atom is -0.461 e. The fourth-order valence-electron chi connectivity index (χ4n) is 4.32. The molecule has 0 bridgehead atoms. The number of hydrogen-bond donors (Lipinski definition) is 1. The summed E-state index contributed by atoms with van der Waals surface area (Å²) in [4.78, 5) is 29.4. The van der Waals surface area contributed by atoms with Gasteiger partial charge in [0.05, 0.1) is 24.0 Å². The average molecular weight is 433 g/mol. The van der Waals surface area contributed by atoms with Gasteiger partial charge in [-0.05, 0) is 43.9 Å². The van der Waals surface area contributed by atoms with E-state index in [1.54, 1.807) is 5.51 Å². The van der Waals surface area contributed by atoms with Crippen molar-refractivity contribution in [1.82, 2.24) is 20.1 Å². The van der Waals surface area contributed by atoms with E-state index in [0.717, 1.165) is 43.7 Å². The fourth-order valence-corrected chi connectivity index (χ4v) is 4.84. The fraction of sp³-hybridized carbons (Fsp3) is 0.619. The molecule has 1 fully saturated rings. The maximum atomic E-state index is 12.9. The first kappa shape index (κ1) is 21.0. The molecule has 2 aliphatic rings. The van der Waals surface area contributed by atoms with Crippen molar-refractivity contribution in [2.24, 2.45) is 11.3 Å². The van der Waals surface area contributed by atoms with Crippen molar-refractivity contribution in [3.8, 4) is 0 Å². The molecular weight excluding hydrogens is 404 g/mol. The van der Waals surface area contributed by atoms with Crippen molar-refractivity contribution in [3.05, 3.63) is 33.5 Å². The van der Waals surface area contributed by atoms with Crippen molar-refractivity contribution in [2.45, 2.75) is 46.1 Å². The smallest absolute Gasteiger partial charge is 0.349 e. The molecule has 30 heavy (non-hydrogen) atoms. The molecule has 4 heterocycles. The van der Waals surface area contributed by atoms with Crippen LogP contribution < -0.4 is 5.32 Å². The molecule has 0 radical (unpaired) electrons. The van der Waals surface area contributed by atoms with Crippen molar-refractivity contribution in [2.75, 3.05) is 26.4 Å². The monoisotopic (exact) mass is 432 g/mol. The topological polar surface area (TPSA) is 95.3 Å². The molecule has 0 unspecified atom stereocenters. The van der Waals surface area contributed by atoms with Gasteiger partial charge in [-0.1, -0.05) is 6.92 Å². The van der Waals surface area contributed by atoms with Gasteiger partial charge in [0.1, 0.15) is 10.6 Å². The van der Waals surface area contributed by atoms with E-state index in [9.17, 15) is 9.59 Å². The number of aromatic nitrogens is 3. The molecular formula is C21H28N4O4S. The van der Waals surface area contributed by atoms with Crippen molar-refractivity contribution >= 4 is 23.2 Å². The van der Waals surface area contributed by atoms with Crippen molar-refractivity contribution in [1.29, 1.82) is 0 Å². The van der Waals surface area contributed by atoms with Crippen molar-refractivity contribution < 1.29 is 19.1 Å². The van der Waals surface area contributed by atoms with E-state index in [2.05, 4.69) is 10.3 Å². The molecule has 0 aliphatic carbocycles. The zero-order valence-corrected chi connectivity index (χ0v) is 18.3. The minimum absolute atomic E-state index is 0.0252. The zero-order chi connectivity index (χ0) is 21.1. The van der Waals surface area contributed by atoms with E-state index < -0.39 is 0 Å². The van der Waals surface area contributed by atoms with E-state index in [4.69, 9.17) is 14.6 Å². The summed E-state index contributed by atoms with van der Waals surface area (Å²) in [6.45, 7) is 7.11. The van der Waals surface area contributed by atoms with E-state index in [-0.39, 0.29) is 23.2 Å². The molecule has 0 aromatic carbocycles. The van der Waals surface area contributed by atoms with Crippen LogP contribution in [0.4, 0.5) is 0 Å². The molecule has 9 heteroatoms. The third-order valence-corrected chi connectivity index (χ3v) is 6.80. The Morgan fingerprint density at radius 1 is 1.43 bits per heavy atom. The number of nitrogens with one attached hydrogen (secondary N) is 1. The maximum absolute atomic E-state index is 12.9. The van der Waals surface area contributed by atoms with E-state index in [1.165, 1.54) is 17.5 Å². The van der Waals surface area contributed by atoms with Gasteiger partial charge in [-0.3, -0.25) is 14.5 Å². The second kappa shape index (κ2) is 8.85. The lowest BCUT2D eigenvalue weighted by Gasteiger charge is -2.36. The molecule has 4 rings (SSSR count). The normalized spacial score (nSPS) is 19.1. The number of fused-ring (bicyclic) bond motifs is 1. The van der Waals surface area contributed by atoms with Crippen LogP contribution in [0.25, 0.3) is 0 Å². The summed E-state index contributed by atoms with van der Waals surface area (Å²) in [5.41, 5.74) is 4.32. The number of ether oxygens (including phenoxy) is 2. The lowest BCUT2D eigenvalue weighted by molar-refractivity contribution is 0.0160. The summed E-state index contributed by atoms with van der Waals surface area (Å²) in [6, 6.07) is 0. The first-order valence-electron chi connectivity index (χ1n) is 10.5. The summed E-state index contributed by atoms with van der Waals surface area (Å²) in [5.74, 6) is -0.302. The van der Waals surface area contributed by atoms with E-state index in [0.29, 0.717) is 36.7 Å². The van der Waals surface area contributed by atoms with Gasteiger partial charge in [0, 0.05) is 31.9 Å². The molecule has 1 atom stereocenters. The number of amides is 1. The van der Waals surface area contributed by atoms with Crippen molar-refractivity contribution in [3.63, 3.8) is 0 Å². The van der Waals surface area contributed by atoms with Gasteiger partial charge in [0.2, 0.25) is 0 Å². The average Bonchev–Trinajstić information content (AvgIpc) is 3.37. The summed E-state index contributed by atoms with van der Waals surface area (Å²) >= 11 is 1.27. The quantitative estimate of drug-likeness (QED) is 0.705. The Balaban J connectivity index is 1.52. The van der Waals surface area contributed by atoms with Crippen LogP contribution in [0.3, 0.4) is 0 Å². The molecule has 1 saturated heterocycles. The molecule has 2 aliphatic heterocycles. The number of rotatable bonds is 6. The number of thiazole rings is 1. The number of esters is 1. The SMILES string of the molecule is CCn1nc(C[C@@H](C)COC(=O)c2cncs2)c2c1C(=O)NCC1(CCOCC1)C2. The molecule has 8 nitrogen and oxygen atoms in total. The Morgan fingerprint density at radius 3 is 2.93 bits per heavy atom. The molecule has 2 aromatic rings. The predicted octanol–water partition coefficient (Wildman–Crippen LogP) is 2.48. The highest BCUT2D eigenvalue weighted by Gasteiger charge is 2.39. The minimum atomic E-state index is -0.345. The number of nitrogens with zero attached hydrogens (tertiary/aromatic N) is 3. The zero-order valence-electron chi connectivity index (χ0n) is 17.5. The van der Waals surface area contributed by atoms with Crippen LogP contribution in [-0.2, 0) is 28.9 Å². The number of hydrogen-bond acceptors (Lipinski definition) is 7. The molecule has 2 aromatic heterocycles. The number of aryl methyl sites for hydroxylation is 1. The highest BCUT2D eigenvalue weighted by molar-refractivity contribution is 7.11. The summed E-state index contributed by atoms with van der Waals surface area (Å²) in [5, 5.41) is 7.90. The van der Waals surface area contributed by atoms with Gasteiger partial charge in [0.15, 0.2) is 0 Å². The first-order chi connectivity index (χ1) is 14.5. The van der Waals surface area contributed by atoms with Gasteiger partial charge < -0.3 is 14.8 Å². The van der Waals surface area contributed by atoms with Crippen LogP contribution in [0.1, 0.15) is 58.1 Å². The molecule has 1 amide bonds. The highest BCUT2D eigenvalue weighted by atomic mass is 32.1. The van der Waals surface area contributed by atoms with E-state index >= 15 is 0 Å². The maximum Gasteiger partial charge on any atom is 0.349 e. The predicted molar refractivity (Wildman–Crippen MR) is 112 cm³/mol. The van der Waals surface area contributed by atoms with Crippen LogP contribution in [-0.4, -0.2) is 53.0 Å². The molecule has 1 spiro atoms. The molecule has 1 N–H and O–H groups in total. The van der Waals surface area contributed by atoms with Gasteiger partial charge >= 0.3 is 5.97 Å². The second-order valence-electron chi connectivity index (χ2n) is 8.33. The Hall–Kier alpha value is -2.26. The summed E-state index contributed by atoms with van der Waals surface area (Å²) in [6.07, 6.45) is 4.88. The lowest BCUT2D eigenvalue weighted by atomic mass is 9.75. The number of carbonyl (C=O) groups excluding carboxylic acids is 2. The highest BCUT2D eigenvalue weighted by Crippen LogP contribution is 2.38. The Labute approximate surface area is 180 Å². The molecule has 162 valence electrons. The first-order valence-corrected chi connectivity index (χ1v) is 11.4. The summed E-state index contributed by atoms with van der Waals surface area (Å²) < 4.78 is 12.8. The van der Waals surface area contributed by atoms with Gasteiger partial charge in [-0.2, -0.15) is 5.10 Å². The van der Waals surface area contributed by atoms with Crippen LogP contribution in [0, 0.1) is 11.3 Å². The second-order valence-corrected chi connectivity index (χ2v) is 9.22. The Bertz CT molecular complexity index is 903. The van der Waals surface area contributed by atoms with Gasteiger partial charge in [-0.15, -0.1) is 11.3 Å². The van der Waals surface area contributed by atoms with Crippen LogP contribution in [0.5, 0.6) is 0 Å². The third kappa shape index (κ3) is 4.27. The standard InChI is InChI=1S/C21H28N4O4S/c1-3-25-18-15(9-21(12-23-19(18)26)4-6-28-7-5-21)16(24-25)8-14(2)11-29-20(27)17-10-22-13-30-17/h10,13-14H,3-9,11-12H2,1-2H3,(H,23,26)/t14-/m1/s1. The number of carbonyl (C=O) groups is 2. The molecule has 0 saturated carbocycles. The summed E-state index contributed by atoms with van der Waals surface area (Å²) in [7, 11) is 0. The van der Waals surface area contributed by atoms with Gasteiger partial charge in [0.25, 0.3) is 5.91 Å². The van der Waals surface area contributed by atoms with Crippen LogP contribution in [0.15, 0.2) is 11.7 Å². The third-order valence-electron chi connectivity index (χ3n) is 6.05.